The van der Waals surface area contributed by atoms with Crippen molar-refractivity contribution in [3.8, 4) is 0 Å². The average Bonchev–Trinajstić information content (AvgIpc) is 2.87. The van der Waals surface area contributed by atoms with E-state index in [1.807, 2.05) is 31.2 Å². The average molecular weight is 338 g/mol. The van der Waals surface area contributed by atoms with Crippen LogP contribution < -0.4 is 5.32 Å². The van der Waals surface area contributed by atoms with E-state index in [1.54, 1.807) is 18.2 Å². The van der Waals surface area contributed by atoms with Gasteiger partial charge in [0.25, 0.3) is 5.91 Å². The summed E-state index contributed by atoms with van der Waals surface area (Å²) in [4.78, 5) is 27.8. The second kappa shape index (κ2) is 6.72. The molecule has 120 valence electrons. The summed E-state index contributed by atoms with van der Waals surface area (Å²) < 4.78 is 0. The number of hydrogen-bond acceptors (Lipinski definition) is 4. The Kier molecular flexibility index (Phi) is 4.48. The summed E-state index contributed by atoms with van der Waals surface area (Å²) in [5.41, 5.74) is 2.85. The number of amides is 1. The fourth-order valence-electron chi connectivity index (χ4n) is 2.17. The minimum Gasteiger partial charge on any atom is -0.478 e. The third-order valence-corrected chi connectivity index (χ3v) is 4.25. The number of aliphatic imine (C=N–C) groups is 1. The molecule has 1 fully saturated rings. The summed E-state index contributed by atoms with van der Waals surface area (Å²) in [6, 6.07) is 14.1. The topological polar surface area (TPSA) is 78.8 Å². The molecule has 24 heavy (non-hydrogen) atoms. The molecule has 5 nitrogen and oxygen atoms in total. The Balaban J connectivity index is 1.80. The molecule has 0 spiro atoms. The Morgan fingerprint density at radius 1 is 1.21 bits per heavy atom. The van der Waals surface area contributed by atoms with Gasteiger partial charge in [0.15, 0.2) is 5.17 Å². The van der Waals surface area contributed by atoms with Crippen LogP contribution >= 0.6 is 11.8 Å². The zero-order chi connectivity index (χ0) is 17.1. The number of carboxylic acids is 1. The number of benzene rings is 2. The SMILES string of the molecule is Cc1cccc(N=C2NC(=O)C(=Cc3ccc(C(=O)O)cc3)S2)c1. The monoisotopic (exact) mass is 338 g/mol. The standard InChI is InChI=1S/C18H14N2O3S/c1-11-3-2-4-14(9-11)19-18-20-16(21)15(24-18)10-12-5-7-13(8-6-12)17(22)23/h2-10H,1H3,(H,22,23)(H,19,20,21). The van der Waals surface area contributed by atoms with E-state index in [9.17, 15) is 9.59 Å². The summed E-state index contributed by atoms with van der Waals surface area (Å²) in [5, 5.41) is 12.2. The van der Waals surface area contributed by atoms with Crippen LogP contribution in [0.25, 0.3) is 6.08 Å². The van der Waals surface area contributed by atoms with Gasteiger partial charge in [-0.15, -0.1) is 0 Å². The molecule has 0 unspecified atom stereocenters. The lowest BCUT2D eigenvalue weighted by molar-refractivity contribution is -0.115. The van der Waals surface area contributed by atoms with Gasteiger partial charge in [-0.3, -0.25) is 4.79 Å². The van der Waals surface area contributed by atoms with Gasteiger partial charge < -0.3 is 10.4 Å². The summed E-state index contributed by atoms with van der Waals surface area (Å²) in [5.74, 6) is -1.19. The van der Waals surface area contributed by atoms with E-state index in [1.165, 1.54) is 23.9 Å². The van der Waals surface area contributed by atoms with Crippen molar-refractivity contribution >= 4 is 40.6 Å². The Labute approximate surface area is 143 Å². The molecule has 2 aromatic rings. The second-order valence-electron chi connectivity index (χ2n) is 5.25. The van der Waals surface area contributed by atoms with E-state index < -0.39 is 5.97 Å². The summed E-state index contributed by atoms with van der Waals surface area (Å²) in [6.45, 7) is 1.98. The van der Waals surface area contributed by atoms with Crippen molar-refractivity contribution in [1.82, 2.24) is 5.32 Å². The zero-order valence-corrected chi connectivity index (χ0v) is 13.6. The second-order valence-corrected chi connectivity index (χ2v) is 6.28. The van der Waals surface area contributed by atoms with Gasteiger partial charge in [-0.05, 0) is 60.2 Å². The Bertz CT molecular complexity index is 870. The fourth-order valence-corrected chi connectivity index (χ4v) is 3.01. The van der Waals surface area contributed by atoms with Gasteiger partial charge in [0.1, 0.15) is 0 Å². The molecule has 0 atom stereocenters. The maximum absolute atomic E-state index is 12.0. The maximum Gasteiger partial charge on any atom is 0.335 e. The van der Waals surface area contributed by atoms with Crippen LogP contribution in [0.15, 0.2) is 58.4 Å². The van der Waals surface area contributed by atoms with Gasteiger partial charge >= 0.3 is 5.97 Å². The minimum absolute atomic E-state index is 0.211. The van der Waals surface area contributed by atoms with Gasteiger partial charge in [-0.1, -0.05) is 24.3 Å². The Morgan fingerprint density at radius 2 is 1.96 bits per heavy atom. The van der Waals surface area contributed by atoms with Crippen LogP contribution in [0.2, 0.25) is 0 Å². The predicted octanol–water partition coefficient (Wildman–Crippen LogP) is 3.58. The predicted molar refractivity (Wildman–Crippen MR) is 95.4 cm³/mol. The van der Waals surface area contributed by atoms with Gasteiger partial charge in [0.2, 0.25) is 0 Å². The number of hydrogen-bond donors (Lipinski definition) is 2. The zero-order valence-electron chi connectivity index (χ0n) is 12.8. The van der Waals surface area contributed by atoms with Crippen LogP contribution in [0.5, 0.6) is 0 Å². The normalized spacial score (nSPS) is 17.3. The van der Waals surface area contributed by atoms with Gasteiger partial charge in [-0.25, -0.2) is 9.79 Å². The number of nitrogens with one attached hydrogen (secondary N) is 1. The molecule has 1 amide bonds. The first-order chi connectivity index (χ1) is 11.5. The Morgan fingerprint density at radius 3 is 2.62 bits per heavy atom. The highest BCUT2D eigenvalue weighted by molar-refractivity contribution is 8.18. The molecule has 0 saturated carbocycles. The van der Waals surface area contributed by atoms with Crippen molar-refractivity contribution in [3.05, 3.63) is 70.1 Å². The molecule has 1 aliphatic heterocycles. The number of carbonyl (C=O) groups is 2. The van der Waals surface area contributed by atoms with Crippen LogP contribution in [0.1, 0.15) is 21.5 Å². The van der Waals surface area contributed by atoms with Crippen LogP contribution in [0, 0.1) is 6.92 Å². The van der Waals surface area contributed by atoms with Crippen molar-refractivity contribution in [2.24, 2.45) is 4.99 Å². The first kappa shape index (κ1) is 16.0. The van der Waals surface area contributed by atoms with Crippen molar-refractivity contribution in [2.75, 3.05) is 0 Å². The van der Waals surface area contributed by atoms with Crippen molar-refractivity contribution in [3.63, 3.8) is 0 Å². The van der Waals surface area contributed by atoms with Crippen molar-refractivity contribution < 1.29 is 14.7 Å². The summed E-state index contributed by atoms with van der Waals surface area (Å²) in [6.07, 6.45) is 1.71. The number of thioether (sulfide) groups is 1. The third kappa shape index (κ3) is 3.72. The molecule has 2 aromatic carbocycles. The number of aryl methyl sites for hydroxylation is 1. The van der Waals surface area contributed by atoms with Crippen LogP contribution in [0.4, 0.5) is 5.69 Å². The van der Waals surface area contributed by atoms with Crippen LogP contribution in [0.3, 0.4) is 0 Å². The smallest absolute Gasteiger partial charge is 0.335 e. The lowest BCUT2D eigenvalue weighted by Crippen LogP contribution is -2.19. The number of nitrogens with zero attached hydrogens (tertiary/aromatic N) is 1. The number of carboxylic acid groups (broad SMARTS) is 1. The Hall–Kier alpha value is -2.86. The number of aromatic carboxylic acids is 1. The molecular weight excluding hydrogens is 324 g/mol. The summed E-state index contributed by atoms with van der Waals surface area (Å²) >= 11 is 1.26. The molecule has 0 aliphatic carbocycles. The van der Waals surface area contributed by atoms with E-state index in [-0.39, 0.29) is 11.5 Å². The highest BCUT2D eigenvalue weighted by Crippen LogP contribution is 2.28. The molecule has 1 saturated heterocycles. The van der Waals surface area contributed by atoms with Gasteiger partial charge in [0, 0.05) is 0 Å². The molecule has 2 N–H and O–H groups in total. The highest BCUT2D eigenvalue weighted by atomic mass is 32.2. The van der Waals surface area contributed by atoms with Gasteiger partial charge in [0.05, 0.1) is 16.2 Å². The molecule has 0 aromatic heterocycles. The van der Waals surface area contributed by atoms with E-state index >= 15 is 0 Å². The minimum atomic E-state index is -0.977. The lowest BCUT2D eigenvalue weighted by atomic mass is 10.1. The van der Waals surface area contributed by atoms with E-state index in [0.717, 1.165) is 16.8 Å². The van der Waals surface area contributed by atoms with E-state index in [0.29, 0.717) is 10.1 Å². The number of carbonyl (C=O) groups excluding carboxylic acids is 1. The van der Waals surface area contributed by atoms with Crippen LogP contribution in [-0.4, -0.2) is 22.2 Å². The van der Waals surface area contributed by atoms with Crippen LogP contribution in [-0.2, 0) is 4.79 Å². The lowest BCUT2D eigenvalue weighted by Gasteiger charge is -1.97. The molecule has 3 rings (SSSR count). The van der Waals surface area contributed by atoms with Gasteiger partial charge in [-0.2, -0.15) is 0 Å². The summed E-state index contributed by atoms with van der Waals surface area (Å²) in [7, 11) is 0. The van der Waals surface area contributed by atoms with Crippen molar-refractivity contribution in [1.29, 1.82) is 0 Å². The molecule has 6 heteroatoms. The molecule has 1 aliphatic rings. The van der Waals surface area contributed by atoms with E-state index in [2.05, 4.69) is 10.3 Å². The first-order valence-corrected chi connectivity index (χ1v) is 8.02. The fraction of sp³-hybridized carbons (Fsp3) is 0.0556. The molecule has 0 bridgehead atoms. The maximum atomic E-state index is 12.0. The highest BCUT2D eigenvalue weighted by Gasteiger charge is 2.23. The van der Waals surface area contributed by atoms with Crippen molar-refractivity contribution in [2.45, 2.75) is 6.92 Å². The number of rotatable bonds is 3. The third-order valence-electron chi connectivity index (χ3n) is 3.34. The molecule has 1 heterocycles. The number of amidine groups is 1. The molecular formula is C18H14N2O3S. The largest absolute Gasteiger partial charge is 0.478 e. The first-order valence-electron chi connectivity index (χ1n) is 7.21. The quantitative estimate of drug-likeness (QED) is 0.838. The molecule has 0 radical (unpaired) electrons. The van der Waals surface area contributed by atoms with E-state index in [4.69, 9.17) is 5.11 Å².